The summed E-state index contributed by atoms with van der Waals surface area (Å²) in [5.41, 5.74) is 1.79. The number of rotatable bonds is 7. The molecule has 0 saturated carbocycles. The Morgan fingerprint density at radius 2 is 1.85 bits per heavy atom. The summed E-state index contributed by atoms with van der Waals surface area (Å²) in [6.45, 7) is 2.64. The van der Waals surface area contributed by atoms with Crippen LogP contribution in [0.5, 0.6) is 11.5 Å². The number of hydrogen-bond donors (Lipinski definition) is 1. The minimum absolute atomic E-state index is 0.167. The highest BCUT2D eigenvalue weighted by atomic mass is 35.5. The smallest absolute Gasteiger partial charge is 0.264 e. The van der Waals surface area contributed by atoms with Gasteiger partial charge in [-0.1, -0.05) is 48.0 Å². The number of para-hydroxylation sites is 1. The molecule has 0 atom stereocenters. The highest BCUT2D eigenvalue weighted by Crippen LogP contribution is 2.33. The van der Waals surface area contributed by atoms with E-state index in [1.54, 1.807) is 36.4 Å². The molecule has 0 spiro atoms. The average molecular weight is 483 g/mol. The number of carbonyl (C=O) groups is 1. The van der Waals surface area contributed by atoms with Crippen molar-refractivity contribution in [1.29, 1.82) is 0 Å². The van der Waals surface area contributed by atoms with E-state index < -0.39 is 5.82 Å². The Morgan fingerprint density at radius 1 is 1.06 bits per heavy atom. The number of thioether (sulfide) groups is 1. The number of ether oxygens (including phenoxy) is 2. The van der Waals surface area contributed by atoms with Crippen molar-refractivity contribution >= 4 is 46.2 Å². The normalized spacial score (nSPS) is 15.7. The number of nitrogens with zero attached hydrogens (tertiary/aromatic N) is 1. The fourth-order valence-electron chi connectivity index (χ4n) is 3.06. The van der Waals surface area contributed by atoms with Gasteiger partial charge in [0.1, 0.15) is 18.1 Å². The van der Waals surface area contributed by atoms with E-state index in [4.69, 9.17) is 21.1 Å². The van der Waals surface area contributed by atoms with E-state index in [1.807, 2.05) is 37.3 Å². The van der Waals surface area contributed by atoms with Crippen molar-refractivity contribution in [3.05, 3.63) is 93.6 Å². The van der Waals surface area contributed by atoms with Gasteiger partial charge in [-0.2, -0.15) is 0 Å². The topological polar surface area (TPSA) is 59.9 Å². The van der Waals surface area contributed by atoms with E-state index in [9.17, 15) is 9.18 Å². The highest BCUT2D eigenvalue weighted by molar-refractivity contribution is 8.18. The van der Waals surface area contributed by atoms with Crippen LogP contribution in [-0.4, -0.2) is 17.7 Å². The molecule has 33 heavy (non-hydrogen) atoms. The lowest BCUT2D eigenvalue weighted by molar-refractivity contribution is -0.115. The number of hydrogen-bond acceptors (Lipinski definition) is 5. The molecule has 3 aromatic rings. The van der Waals surface area contributed by atoms with Crippen LogP contribution < -0.4 is 14.8 Å². The first-order valence-electron chi connectivity index (χ1n) is 10.2. The molecule has 1 aliphatic heterocycles. The fourth-order valence-corrected chi connectivity index (χ4v) is 4.08. The molecule has 0 radical (unpaired) electrons. The first kappa shape index (κ1) is 22.9. The van der Waals surface area contributed by atoms with Crippen LogP contribution in [0.3, 0.4) is 0 Å². The quantitative estimate of drug-likeness (QED) is 0.399. The maximum atomic E-state index is 13.9. The Balaban J connectivity index is 1.53. The van der Waals surface area contributed by atoms with Gasteiger partial charge in [0, 0.05) is 10.6 Å². The fraction of sp³-hybridized carbons (Fsp3) is 0.120. The Kier molecular flexibility index (Phi) is 7.32. The Hall–Kier alpha value is -3.29. The molecule has 8 heteroatoms. The second-order valence-corrected chi connectivity index (χ2v) is 8.39. The van der Waals surface area contributed by atoms with Gasteiger partial charge in [-0.3, -0.25) is 4.79 Å². The van der Waals surface area contributed by atoms with E-state index in [1.165, 1.54) is 6.07 Å². The van der Waals surface area contributed by atoms with Gasteiger partial charge in [0.2, 0.25) is 0 Å². The van der Waals surface area contributed by atoms with Crippen molar-refractivity contribution in [2.24, 2.45) is 4.99 Å². The van der Waals surface area contributed by atoms with Crippen LogP contribution in [0, 0.1) is 5.82 Å². The van der Waals surface area contributed by atoms with Crippen LogP contribution >= 0.6 is 23.4 Å². The molecule has 4 rings (SSSR count). The molecular weight excluding hydrogens is 463 g/mol. The number of nitrogens with one attached hydrogen (secondary N) is 1. The van der Waals surface area contributed by atoms with Crippen molar-refractivity contribution in [1.82, 2.24) is 5.32 Å². The van der Waals surface area contributed by atoms with E-state index >= 15 is 0 Å². The zero-order valence-corrected chi connectivity index (χ0v) is 19.3. The van der Waals surface area contributed by atoms with Crippen LogP contribution in [0.2, 0.25) is 5.02 Å². The molecule has 1 fully saturated rings. The molecule has 3 aromatic carbocycles. The predicted molar refractivity (Wildman–Crippen MR) is 131 cm³/mol. The molecule has 0 bridgehead atoms. The Bertz CT molecular complexity index is 1250. The van der Waals surface area contributed by atoms with E-state index in [0.717, 1.165) is 22.9 Å². The third kappa shape index (κ3) is 5.74. The second-order valence-electron chi connectivity index (χ2n) is 6.95. The van der Waals surface area contributed by atoms with Crippen molar-refractivity contribution in [3.8, 4) is 11.5 Å². The lowest BCUT2D eigenvalue weighted by Crippen LogP contribution is -2.19. The monoisotopic (exact) mass is 482 g/mol. The van der Waals surface area contributed by atoms with Crippen molar-refractivity contribution in [2.45, 2.75) is 13.5 Å². The van der Waals surface area contributed by atoms with E-state index in [0.29, 0.717) is 39.8 Å². The summed E-state index contributed by atoms with van der Waals surface area (Å²) in [4.78, 5) is 17.0. The van der Waals surface area contributed by atoms with Gasteiger partial charge in [0.05, 0.1) is 11.5 Å². The SMILES string of the molecule is CCOc1cc(/C=C2\SC(=Nc3ccccc3F)NC2=O)ccc1OCc1ccccc1Cl. The highest BCUT2D eigenvalue weighted by Gasteiger charge is 2.24. The zero-order chi connectivity index (χ0) is 23.2. The molecule has 5 nitrogen and oxygen atoms in total. The molecule has 1 saturated heterocycles. The molecule has 0 aliphatic carbocycles. The number of benzene rings is 3. The molecule has 0 unspecified atom stereocenters. The first-order chi connectivity index (χ1) is 16.0. The van der Waals surface area contributed by atoms with Crippen LogP contribution in [0.1, 0.15) is 18.1 Å². The predicted octanol–water partition coefficient (Wildman–Crippen LogP) is 6.35. The summed E-state index contributed by atoms with van der Waals surface area (Å²) in [7, 11) is 0. The maximum Gasteiger partial charge on any atom is 0.264 e. The minimum Gasteiger partial charge on any atom is -0.490 e. The third-order valence-electron chi connectivity index (χ3n) is 4.63. The number of amides is 1. The second kappa shape index (κ2) is 10.6. The lowest BCUT2D eigenvalue weighted by Gasteiger charge is -2.13. The summed E-state index contributed by atoms with van der Waals surface area (Å²) in [6, 6.07) is 19.0. The first-order valence-corrected chi connectivity index (χ1v) is 11.4. The van der Waals surface area contributed by atoms with Gasteiger partial charge in [-0.25, -0.2) is 9.38 Å². The maximum absolute atomic E-state index is 13.9. The van der Waals surface area contributed by atoms with Gasteiger partial charge in [0.15, 0.2) is 16.7 Å². The third-order valence-corrected chi connectivity index (χ3v) is 5.91. The molecule has 1 heterocycles. The van der Waals surface area contributed by atoms with Gasteiger partial charge >= 0.3 is 0 Å². The number of halogens is 2. The van der Waals surface area contributed by atoms with Crippen LogP contribution in [-0.2, 0) is 11.4 Å². The summed E-state index contributed by atoms with van der Waals surface area (Å²) < 4.78 is 25.5. The zero-order valence-electron chi connectivity index (χ0n) is 17.7. The minimum atomic E-state index is -0.453. The van der Waals surface area contributed by atoms with Gasteiger partial charge in [-0.15, -0.1) is 0 Å². The van der Waals surface area contributed by atoms with Crippen molar-refractivity contribution < 1.29 is 18.7 Å². The number of aliphatic imine (C=N–C) groups is 1. The summed E-state index contributed by atoms with van der Waals surface area (Å²) in [6.07, 6.45) is 1.73. The van der Waals surface area contributed by atoms with Crippen molar-refractivity contribution in [3.63, 3.8) is 0 Å². The Labute approximate surface area is 200 Å². The molecule has 168 valence electrons. The molecule has 1 aliphatic rings. The van der Waals surface area contributed by atoms with Crippen LogP contribution in [0.15, 0.2) is 76.6 Å². The molecule has 1 N–H and O–H groups in total. The van der Waals surface area contributed by atoms with Gasteiger partial charge in [0.25, 0.3) is 5.91 Å². The Morgan fingerprint density at radius 3 is 2.64 bits per heavy atom. The van der Waals surface area contributed by atoms with Crippen LogP contribution in [0.4, 0.5) is 10.1 Å². The summed E-state index contributed by atoms with van der Waals surface area (Å²) in [5.74, 6) is 0.380. The number of carbonyl (C=O) groups excluding carboxylic acids is 1. The lowest BCUT2D eigenvalue weighted by atomic mass is 10.2. The standard InChI is InChI=1S/C25H20ClFN2O3S/c1-2-31-22-13-16(11-12-21(22)32-15-17-7-3-4-8-18(17)26)14-23-24(30)29-25(33-23)28-20-10-6-5-9-19(20)27/h3-14H,2,15H2,1H3,(H,28,29,30)/b23-14-. The van der Waals surface area contributed by atoms with Crippen molar-refractivity contribution in [2.75, 3.05) is 6.61 Å². The van der Waals surface area contributed by atoms with E-state index in [-0.39, 0.29) is 11.6 Å². The van der Waals surface area contributed by atoms with Gasteiger partial charge < -0.3 is 14.8 Å². The van der Waals surface area contributed by atoms with Crippen LogP contribution in [0.25, 0.3) is 6.08 Å². The van der Waals surface area contributed by atoms with Gasteiger partial charge in [-0.05, 0) is 60.7 Å². The molecule has 1 amide bonds. The van der Waals surface area contributed by atoms with E-state index in [2.05, 4.69) is 10.3 Å². The molecule has 0 aromatic heterocycles. The summed E-state index contributed by atoms with van der Waals surface area (Å²) in [5, 5.41) is 3.62. The largest absolute Gasteiger partial charge is 0.490 e. The summed E-state index contributed by atoms with van der Waals surface area (Å²) >= 11 is 7.35. The average Bonchev–Trinajstić information content (AvgIpc) is 3.14. The molecular formula is C25H20ClFN2O3S. The number of amidine groups is 1.